The summed E-state index contributed by atoms with van der Waals surface area (Å²) < 4.78 is 0. The summed E-state index contributed by atoms with van der Waals surface area (Å²) in [5.41, 5.74) is 1.50. The molecule has 0 amide bonds. The van der Waals surface area contributed by atoms with Crippen molar-refractivity contribution in [3.63, 3.8) is 0 Å². The number of benzene rings is 1. The summed E-state index contributed by atoms with van der Waals surface area (Å²) >= 11 is 0. The van der Waals surface area contributed by atoms with E-state index in [0.717, 1.165) is 11.8 Å². The maximum absolute atomic E-state index is 2.67. The van der Waals surface area contributed by atoms with Gasteiger partial charge in [0.2, 0.25) is 0 Å². The lowest BCUT2D eigenvalue weighted by Gasteiger charge is -2.43. The van der Waals surface area contributed by atoms with Gasteiger partial charge in [-0.2, -0.15) is 0 Å². The highest BCUT2D eigenvalue weighted by atomic mass is 15.2. The highest BCUT2D eigenvalue weighted by Gasteiger charge is 2.31. The molecule has 0 spiro atoms. The van der Waals surface area contributed by atoms with Gasteiger partial charge in [-0.25, -0.2) is 0 Å². The first-order valence-electron chi connectivity index (χ1n) is 7.40. The van der Waals surface area contributed by atoms with Crippen molar-refractivity contribution < 1.29 is 0 Å². The molecule has 0 radical (unpaired) electrons. The van der Waals surface area contributed by atoms with E-state index in [2.05, 4.69) is 62.9 Å². The van der Waals surface area contributed by atoms with Crippen molar-refractivity contribution in [1.82, 2.24) is 4.90 Å². The molecule has 0 aromatic heterocycles. The van der Waals surface area contributed by atoms with Crippen LogP contribution in [0.15, 0.2) is 30.3 Å². The molecule has 0 unspecified atom stereocenters. The first kappa shape index (κ1) is 13.6. The van der Waals surface area contributed by atoms with Crippen LogP contribution in [0.2, 0.25) is 0 Å². The minimum absolute atomic E-state index is 0.618. The quantitative estimate of drug-likeness (QED) is 0.757. The molecule has 2 atom stereocenters. The lowest BCUT2D eigenvalue weighted by Crippen LogP contribution is -2.42. The Morgan fingerprint density at radius 3 is 2.28 bits per heavy atom. The average molecular weight is 245 g/mol. The highest BCUT2D eigenvalue weighted by molar-refractivity contribution is 5.20. The molecule has 1 nitrogen and oxygen atoms in total. The molecule has 1 fully saturated rings. The zero-order valence-electron chi connectivity index (χ0n) is 12.3. The SMILES string of the molecule is CC(C)[C@@H]1CCN(C(C)C)[C@H](c2ccccc2)C1. The van der Waals surface area contributed by atoms with E-state index in [4.69, 9.17) is 0 Å². The molecule has 1 heteroatoms. The lowest BCUT2D eigenvalue weighted by molar-refractivity contribution is 0.0659. The molecule has 1 saturated heterocycles. The van der Waals surface area contributed by atoms with Crippen molar-refractivity contribution in [1.29, 1.82) is 0 Å². The number of hydrogen-bond donors (Lipinski definition) is 0. The zero-order chi connectivity index (χ0) is 13.1. The summed E-state index contributed by atoms with van der Waals surface area (Å²) in [5.74, 6) is 1.69. The van der Waals surface area contributed by atoms with Crippen molar-refractivity contribution in [3.8, 4) is 0 Å². The van der Waals surface area contributed by atoms with Crippen LogP contribution in [0, 0.1) is 11.8 Å². The molecule has 2 rings (SSSR count). The van der Waals surface area contributed by atoms with Crippen molar-refractivity contribution in [2.75, 3.05) is 6.54 Å². The third-order valence-electron chi connectivity index (χ3n) is 4.47. The van der Waals surface area contributed by atoms with E-state index >= 15 is 0 Å². The van der Waals surface area contributed by atoms with Crippen molar-refractivity contribution >= 4 is 0 Å². The van der Waals surface area contributed by atoms with E-state index in [1.807, 2.05) is 0 Å². The van der Waals surface area contributed by atoms with Gasteiger partial charge in [0.1, 0.15) is 0 Å². The van der Waals surface area contributed by atoms with Crippen LogP contribution in [-0.2, 0) is 0 Å². The molecular formula is C17H27N. The molecule has 0 N–H and O–H groups in total. The van der Waals surface area contributed by atoms with Crippen LogP contribution in [0.3, 0.4) is 0 Å². The Kier molecular flexibility index (Phi) is 4.45. The van der Waals surface area contributed by atoms with E-state index in [1.54, 1.807) is 0 Å². The predicted molar refractivity (Wildman–Crippen MR) is 78.6 cm³/mol. The molecular weight excluding hydrogens is 218 g/mol. The highest BCUT2D eigenvalue weighted by Crippen LogP contribution is 2.38. The van der Waals surface area contributed by atoms with E-state index in [-0.39, 0.29) is 0 Å². The molecule has 100 valence electrons. The fraction of sp³-hybridized carbons (Fsp3) is 0.647. The maximum atomic E-state index is 2.67. The minimum Gasteiger partial charge on any atom is -0.294 e. The third-order valence-corrected chi connectivity index (χ3v) is 4.47. The summed E-state index contributed by atoms with van der Waals surface area (Å²) in [6.45, 7) is 10.6. The van der Waals surface area contributed by atoms with Crippen LogP contribution in [0.25, 0.3) is 0 Å². The second-order valence-electron chi connectivity index (χ2n) is 6.29. The Bertz CT molecular complexity index is 355. The first-order chi connectivity index (χ1) is 8.59. The molecule has 1 aliphatic rings. The predicted octanol–water partition coefficient (Wildman–Crippen LogP) is 4.50. The number of piperidine rings is 1. The molecule has 1 aromatic rings. The fourth-order valence-electron chi connectivity index (χ4n) is 3.24. The summed E-state index contributed by atoms with van der Waals surface area (Å²) in [6, 6.07) is 12.3. The Labute approximate surface area is 112 Å². The summed E-state index contributed by atoms with van der Waals surface area (Å²) in [4.78, 5) is 2.67. The normalized spacial score (nSPS) is 25.9. The zero-order valence-corrected chi connectivity index (χ0v) is 12.3. The Hall–Kier alpha value is -0.820. The van der Waals surface area contributed by atoms with Gasteiger partial charge in [0, 0.05) is 12.1 Å². The second kappa shape index (κ2) is 5.88. The smallest absolute Gasteiger partial charge is 0.0353 e. The van der Waals surface area contributed by atoms with Crippen molar-refractivity contribution in [3.05, 3.63) is 35.9 Å². The summed E-state index contributed by atoms with van der Waals surface area (Å²) in [5, 5.41) is 0. The van der Waals surface area contributed by atoms with Crippen LogP contribution >= 0.6 is 0 Å². The molecule has 0 bridgehead atoms. The van der Waals surface area contributed by atoms with Gasteiger partial charge >= 0.3 is 0 Å². The van der Waals surface area contributed by atoms with Gasteiger partial charge in [-0.1, -0.05) is 44.2 Å². The van der Waals surface area contributed by atoms with Crippen LogP contribution in [0.4, 0.5) is 0 Å². The number of rotatable bonds is 3. The van der Waals surface area contributed by atoms with Gasteiger partial charge in [-0.05, 0) is 50.6 Å². The maximum Gasteiger partial charge on any atom is 0.0353 e. The Balaban J connectivity index is 2.20. The van der Waals surface area contributed by atoms with Gasteiger partial charge in [0.15, 0.2) is 0 Å². The summed E-state index contributed by atoms with van der Waals surface area (Å²) in [6.07, 6.45) is 2.68. The monoisotopic (exact) mass is 245 g/mol. The molecule has 0 aliphatic carbocycles. The van der Waals surface area contributed by atoms with Crippen molar-refractivity contribution in [2.45, 2.75) is 52.6 Å². The fourth-order valence-corrected chi connectivity index (χ4v) is 3.24. The lowest BCUT2D eigenvalue weighted by atomic mass is 9.80. The second-order valence-corrected chi connectivity index (χ2v) is 6.29. The van der Waals surface area contributed by atoms with Crippen molar-refractivity contribution in [2.24, 2.45) is 11.8 Å². The van der Waals surface area contributed by atoms with Crippen LogP contribution in [-0.4, -0.2) is 17.5 Å². The van der Waals surface area contributed by atoms with Gasteiger partial charge in [0.25, 0.3) is 0 Å². The molecule has 1 aliphatic heterocycles. The van der Waals surface area contributed by atoms with Crippen LogP contribution in [0.1, 0.15) is 52.1 Å². The molecule has 0 saturated carbocycles. The van der Waals surface area contributed by atoms with Gasteiger partial charge in [-0.3, -0.25) is 4.90 Å². The third kappa shape index (κ3) is 2.95. The number of nitrogens with zero attached hydrogens (tertiary/aromatic N) is 1. The minimum atomic E-state index is 0.618. The van der Waals surface area contributed by atoms with Crippen LogP contribution in [0.5, 0.6) is 0 Å². The standard InChI is InChI=1S/C17H27N/c1-13(2)16-10-11-18(14(3)4)17(12-16)15-8-6-5-7-9-15/h5-9,13-14,16-17H,10-12H2,1-4H3/t16-,17+/m1/s1. The Morgan fingerprint density at radius 2 is 1.72 bits per heavy atom. The molecule has 18 heavy (non-hydrogen) atoms. The van der Waals surface area contributed by atoms with E-state index in [9.17, 15) is 0 Å². The molecule has 1 heterocycles. The van der Waals surface area contributed by atoms with Gasteiger partial charge in [-0.15, -0.1) is 0 Å². The Morgan fingerprint density at radius 1 is 1.06 bits per heavy atom. The topological polar surface area (TPSA) is 3.24 Å². The van der Waals surface area contributed by atoms with Crippen LogP contribution < -0.4 is 0 Å². The van der Waals surface area contributed by atoms with E-state index in [0.29, 0.717) is 12.1 Å². The number of hydrogen-bond acceptors (Lipinski definition) is 1. The largest absolute Gasteiger partial charge is 0.294 e. The van der Waals surface area contributed by atoms with E-state index < -0.39 is 0 Å². The first-order valence-corrected chi connectivity index (χ1v) is 7.40. The summed E-state index contributed by atoms with van der Waals surface area (Å²) in [7, 11) is 0. The van der Waals surface area contributed by atoms with E-state index in [1.165, 1.54) is 24.9 Å². The van der Waals surface area contributed by atoms with Gasteiger partial charge < -0.3 is 0 Å². The number of likely N-dealkylation sites (tertiary alicyclic amines) is 1. The van der Waals surface area contributed by atoms with Gasteiger partial charge in [0.05, 0.1) is 0 Å². The molecule has 1 aromatic carbocycles. The average Bonchev–Trinajstić information content (AvgIpc) is 2.39.